The van der Waals surface area contributed by atoms with Crippen molar-refractivity contribution in [2.45, 2.75) is 71.4 Å². The zero-order valence-electron chi connectivity index (χ0n) is 14.3. The smallest absolute Gasteiger partial charge is 0.166 e. The zero-order chi connectivity index (χ0) is 16.9. The third kappa shape index (κ3) is 5.54. The third-order valence-electron chi connectivity index (χ3n) is 5.50. The minimum atomic E-state index is -4.24. The van der Waals surface area contributed by atoms with Gasteiger partial charge in [0.15, 0.2) is 0 Å². The highest BCUT2D eigenvalue weighted by Gasteiger charge is 2.30. The molecule has 0 saturated heterocycles. The number of alkyl halides is 3. The number of hydrogen-bond donors (Lipinski definition) is 0. The van der Waals surface area contributed by atoms with E-state index in [-0.39, 0.29) is 0 Å². The van der Waals surface area contributed by atoms with Crippen LogP contribution in [0.4, 0.5) is 13.2 Å². The highest BCUT2D eigenvalue weighted by molar-refractivity contribution is 5.24. The van der Waals surface area contributed by atoms with Gasteiger partial charge in [0.1, 0.15) is 0 Å². The van der Waals surface area contributed by atoms with Gasteiger partial charge < -0.3 is 0 Å². The lowest BCUT2D eigenvalue weighted by molar-refractivity contribution is -0.137. The van der Waals surface area contributed by atoms with Crippen LogP contribution in [-0.4, -0.2) is 0 Å². The molecule has 2 rings (SSSR count). The second-order valence-corrected chi connectivity index (χ2v) is 7.30. The number of rotatable bonds is 6. The average molecular weight is 326 g/mol. The van der Waals surface area contributed by atoms with Gasteiger partial charge >= 0.3 is 6.18 Å². The molecule has 1 aromatic carbocycles. The molecule has 3 heteroatoms. The van der Waals surface area contributed by atoms with E-state index in [0.29, 0.717) is 5.92 Å². The Hall–Kier alpha value is -0.990. The van der Waals surface area contributed by atoms with E-state index in [1.807, 2.05) is 0 Å². The first-order valence-corrected chi connectivity index (χ1v) is 9.06. The Morgan fingerprint density at radius 2 is 1.65 bits per heavy atom. The summed E-state index contributed by atoms with van der Waals surface area (Å²) < 4.78 is 37.8. The van der Waals surface area contributed by atoms with Crippen LogP contribution in [0.1, 0.15) is 69.9 Å². The summed E-state index contributed by atoms with van der Waals surface area (Å²) in [6.07, 6.45) is 5.90. The molecule has 0 aromatic heterocycles. The predicted molar refractivity (Wildman–Crippen MR) is 89.3 cm³/mol. The van der Waals surface area contributed by atoms with Crippen molar-refractivity contribution in [2.24, 2.45) is 17.8 Å². The number of unbranched alkanes of at least 4 members (excludes halogenated alkanes) is 1. The second-order valence-electron chi connectivity index (χ2n) is 7.30. The van der Waals surface area contributed by atoms with Crippen LogP contribution >= 0.6 is 0 Å². The first-order chi connectivity index (χ1) is 10.9. The summed E-state index contributed by atoms with van der Waals surface area (Å²) in [4.78, 5) is 0. The van der Waals surface area contributed by atoms with E-state index in [2.05, 4.69) is 13.8 Å². The van der Waals surface area contributed by atoms with Crippen molar-refractivity contribution in [3.8, 4) is 0 Å². The van der Waals surface area contributed by atoms with Crippen molar-refractivity contribution in [1.29, 1.82) is 0 Å². The van der Waals surface area contributed by atoms with Gasteiger partial charge in [-0.1, -0.05) is 58.1 Å². The quantitative estimate of drug-likeness (QED) is 0.534. The second kappa shape index (κ2) is 8.21. The van der Waals surface area contributed by atoms with Gasteiger partial charge in [-0.15, -0.1) is 0 Å². The van der Waals surface area contributed by atoms with E-state index in [1.54, 1.807) is 12.1 Å². The lowest BCUT2D eigenvalue weighted by Gasteiger charge is -2.32. The molecule has 130 valence electrons. The molecule has 0 N–H and O–H groups in total. The van der Waals surface area contributed by atoms with E-state index >= 15 is 0 Å². The van der Waals surface area contributed by atoms with Gasteiger partial charge in [0.05, 0.1) is 5.56 Å². The van der Waals surface area contributed by atoms with Crippen LogP contribution in [0.3, 0.4) is 0 Å². The Morgan fingerprint density at radius 3 is 2.17 bits per heavy atom. The van der Waals surface area contributed by atoms with Crippen molar-refractivity contribution in [2.75, 3.05) is 0 Å². The molecule has 1 aromatic rings. The highest BCUT2D eigenvalue weighted by atomic mass is 19.4. The Labute approximate surface area is 138 Å². The molecule has 1 aliphatic rings. The summed E-state index contributed by atoms with van der Waals surface area (Å²) >= 11 is 0. The van der Waals surface area contributed by atoms with E-state index in [1.165, 1.54) is 57.1 Å². The van der Waals surface area contributed by atoms with Gasteiger partial charge in [0.25, 0.3) is 0 Å². The Kier molecular flexibility index (Phi) is 6.55. The molecule has 1 aliphatic carbocycles. The van der Waals surface area contributed by atoms with Gasteiger partial charge in [-0.25, -0.2) is 0 Å². The van der Waals surface area contributed by atoms with Gasteiger partial charge in [-0.2, -0.15) is 13.2 Å². The minimum Gasteiger partial charge on any atom is -0.166 e. The van der Waals surface area contributed by atoms with Gasteiger partial charge in [-0.05, 0) is 54.7 Å². The fraction of sp³-hybridized carbons (Fsp3) is 0.700. The van der Waals surface area contributed by atoms with Crippen molar-refractivity contribution in [1.82, 2.24) is 0 Å². The van der Waals surface area contributed by atoms with Crippen LogP contribution in [0.2, 0.25) is 0 Å². The topological polar surface area (TPSA) is 0 Å². The Morgan fingerprint density at radius 1 is 1.04 bits per heavy atom. The predicted octanol–water partition coefficient (Wildman–Crippen LogP) is 6.88. The molecule has 23 heavy (non-hydrogen) atoms. The summed E-state index contributed by atoms with van der Waals surface area (Å²) in [6, 6.07) is 5.71. The molecule has 0 heterocycles. The van der Waals surface area contributed by atoms with Crippen LogP contribution in [0.25, 0.3) is 0 Å². The maximum absolute atomic E-state index is 12.6. The van der Waals surface area contributed by atoms with Gasteiger partial charge in [0.2, 0.25) is 0 Å². The molecular weight excluding hydrogens is 297 g/mol. The first-order valence-electron chi connectivity index (χ1n) is 9.06. The Bertz CT molecular complexity index is 453. The van der Waals surface area contributed by atoms with E-state index in [0.717, 1.165) is 23.8 Å². The molecule has 0 aliphatic heterocycles. The molecule has 1 fully saturated rings. The molecule has 0 spiro atoms. The summed E-state index contributed by atoms with van der Waals surface area (Å²) in [5.74, 6) is 2.19. The summed E-state index contributed by atoms with van der Waals surface area (Å²) in [7, 11) is 0. The lowest BCUT2D eigenvalue weighted by atomic mass is 9.73. The van der Waals surface area contributed by atoms with Crippen LogP contribution in [0.15, 0.2) is 24.3 Å². The van der Waals surface area contributed by atoms with Crippen LogP contribution in [0, 0.1) is 17.8 Å². The number of benzene rings is 1. The summed E-state index contributed by atoms with van der Waals surface area (Å²) in [5, 5.41) is 0. The minimum absolute atomic E-state index is 0.551. The number of halogens is 3. The van der Waals surface area contributed by atoms with E-state index in [9.17, 15) is 13.2 Å². The maximum Gasteiger partial charge on any atom is 0.416 e. The van der Waals surface area contributed by atoms with Gasteiger partial charge in [0, 0.05) is 0 Å². The average Bonchev–Trinajstić information content (AvgIpc) is 2.53. The molecular formula is C20H29F3. The molecule has 0 radical (unpaired) electrons. The van der Waals surface area contributed by atoms with E-state index < -0.39 is 11.7 Å². The lowest BCUT2D eigenvalue weighted by Crippen LogP contribution is -2.21. The normalized spacial score (nSPS) is 23.7. The van der Waals surface area contributed by atoms with Crippen LogP contribution in [-0.2, 0) is 12.6 Å². The van der Waals surface area contributed by atoms with Crippen LogP contribution < -0.4 is 0 Å². The van der Waals surface area contributed by atoms with Crippen molar-refractivity contribution in [3.05, 3.63) is 35.4 Å². The maximum atomic E-state index is 12.6. The monoisotopic (exact) mass is 326 g/mol. The van der Waals surface area contributed by atoms with Crippen molar-refractivity contribution in [3.63, 3.8) is 0 Å². The van der Waals surface area contributed by atoms with Crippen molar-refractivity contribution >= 4 is 0 Å². The standard InChI is InChI=1S/C20H29F3/c1-3-4-5-16-6-10-18(11-7-16)15(2)14-17-8-12-19(13-9-17)20(21,22)23/h8-9,12-13,15-16,18H,3-7,10-11,14H2,1-2H3. The highest BCUT2D eigenvalue weighted by Crippen LogP contribution is 2.37. The molecule has 0 amide bonds. The van der Waals surface area contributed by atoms with Gasteiger partial charge in [-0.3, -0.25) is 0 Å². The van der Waals surface area contributed by atoms with E-state index in [4.69, 9.17) is 0 Å². The first kappa shape index (κ1) is 18.4. The number of hydrogen-bond acceptors (Lipinski definition) is 0. The Balaban J connectivity index is 1.82. The summed E-state index contributed by atoms with van der Waals surface area (Å²) in [5.41, 5.74) is 0.476. The zero-order valence-corrected chi connectivity index (χ0v) is 14.3. The van der Waals surface area contributed by atoms with Crippen LogP contribution in [0.5, 0.6) is 0 Å². The summed E-state index contributed by atoms with van der Waals surface area (Å²) in [6.45, 7) is 4.51. The fourth-order valence-electron chi connectivity index (χ4n) is 3.91. The van der Waals surface area contributed by atoms with Crippen molar-refractivity contribution < 1.29 is 13.2 Å². The SMILES string of the molecule is CCCCC1CCC(C(C)Cc2ccc(C(F)(F)F)cc2)CC1. The molecule has 1 atom stereocenters. The fourth-order valence-corrected chi connectivity index (χ4v) is 3.91. The molecule has 1 unspecified atom stereocenters. The molecule has 0 bridgehead atoms. The largest absolute Gasteiger partial charge is 0.416 e. The molecule has 1 saturated carbocycles. The third-order valence-corrected chi connectivity index (χ3v) is 5.50. The molecule has 0 nitrogen and oxygen atoms in total.